The van der Waals surface area contributed by atoms with Crippen molar-refractivity contribution in [1.82, 2.24) is 0 Å². The maximum Gasteiger partial charge on any atom is 0.0471 e. The van der Waals surface area contributed by atoms with Crippen LogP contribution in [0, 0.1) is 11.3 Å². The van der Waals surface area contributed by atoms with Crippen molar-refractivity contribution in [2.75, 3.05) is 13.2 Å². The van der Waals surface area contributed by atoms with Gasteiger partial charge in [0.2, 0.25) is 0 Å². The van der Waals surface area contributed by atoms with Crippen LogP contribution in [0.3, 0.4) is 0 Å². The first-order chi connectivity index (χ1) is 12.5. The zero-order valence-corrected chi connectivity index (χ0v) is 19.2. The Morgan fingerprint density at radius 3 is 1.46 bits per heavy atom. The van der Waals surface area contributed by atoms with Crippen molar-refractivity contribution in [1.29, 1.82) is 0 Å². The van der Waals surface area contributed by atoms with Crippen molar-refractivity contribution in [2.45, 2.75) is 137 Å². The van der Waals surface area contributed by atoms with E-state index in [1.807, 2.05) is 0 Å². The fraction of sp³-hybridized carbons (Fsp3) is 1.00. The molecular formula is C25H52O. The van der Waals surface area contributed by atoms with Gasteiger partial charge in [-0.05, 0) is 24.2 Å². The fourth-order valence-corrected chi connectivity index (χ4v) is 3.33. The Morgan fingerprint density at radius 1 is 0.615 bits per heavy atom. The van der Waals surface area contributed by atoms with Crippen LogP contribution >= 0.6 is 0 Å². The van der Waals surface area contributed by atoms with Crippen LogP contribution in [0.25, 0.3) is 0 Å². The zero-order valence-electron chi connectivity index (χ0n) is 19.2. The Bertz CT molecular complexity index is 266. The predicted octanol–water partition coefficient (Wildman–Crippen LogP) is 8.95. The molecular weight excluding hydrogens is 316 g/mol. The summed E-state index contributed by atoms with van der Waals surface area (Å²) in [6.45, 7) is 13.5. The number of hydrogen-bond donors (Lipinski definition) is 0. The second kappa shape index (κ2) is 18.3. The number of unbranched alkanes of at least 4 members (excludes halogenated alkanes) is 12. The van der Waals surface area contributed by atoms with Crippen molar-refractivity contribution in [2.24, 2.45) is 11.3 Å². The molecule has 0 heterocycles. The van der Waals surface area contributed by atoms with Gasteiger partial charge < -0.3 is 4.74 Å². The number of hydrogen-bond acceptors (Lipinski definition) is 1. The van der Waals surface area contributed by atoms with Gasteiger partial charge in [0.1, 0.15) is 0 Å². The zero-order chi connectivity index (χ0) is 19.5. The molecule has 0 saturated heterocycles. The molecule has 1 unspecified atom stereocenters. The molecule has 0 aliphatic rings. The van der Waals surface area contributed by atoms with E-state index in [-0.39, 0.29) is 0 Å². The summed E-state index contributed by atoms with van der Waals surface area (Å²) in [4.78, 5) is 0. The summed E-state index contributed by atoms with van der Waals surface area (Å²) >= 11 is 0. The third kappa shape index (κ3) is 22.0. The second-order valence-corrected chi connectivity index (χ2v) is 9.82. The van der Waals surface area contributed by atoms with Crippen molar-refractivity contribution in [3.05, 3.63) is 0 Å². The van der Waals surface area contributed by atoms with Crippen LogP contribution in [0.5, 0.6) is 0 Å². The Labute approximate surface area is 167 Å². The first-order valence-electron chi connectivity index (χ1n) is 12.0. The summed E-state index contributed by atoms with van der Waals surface area (Å²) in [5, 5.41) is 0. The van der Waals surface area contributed by atoms with E-state index >= 15 is 0 Å². The van der Waals surface area contributed by atoms with E-state index in [0.717, 1.165) is 19.1 Å². The van der Waals surface area contributed by atoms with E-state index in [9.17, 15) is 0 Å². The minimum Gasteiger partial charge on any atom is -0.381 e. The average molecular weight is 369 g/mol. The highest BCUT2D eigenvalue weighted by atomic mass is 16.5. The molecule has 0 fully saturated rings. The first kappa shape index (κ1) is 26.0. The van der Waals surface area contributed by atoms with Gasteiger partial charge in [0.15, 0.2) is 0 Å². The lowest BCUT2D eigenvalue weighted by Crippen LogP contribution is -2.09. The molecule has 1 nitrogen and oxygen atoms in total. The minimum absolute atomic E-state index is 0.410. The van der Waals surface area contributed by atoms with Crippen LogP contribution in [0.2, 0.25) is 0 Å². The lowest BCUT2D eigenvalue weighted by molar-refractivity contribution is 0.105. The van der Waals surface area contributed by atoms with Gasteiger partial charge in [-0.15, -0.1) is 0 Å². The van der Waals surface area contributed by atoms with E-state index in [1.165, 1.54) is 103 Å². The van der Waals surface area contributed by atoms with E-state index < -0.39 is 0 Å². The fourth-order valence-electron chi connectivity index (χ4n) is 3.33. The van der Waals surface area contributed by atoms with Gasteiger partial charge in [0, 0.05) is 13.2 Å². The van der Waals surface area contributed by atoms with E-state index in [1.54, 1.807) is 0 Å². The van der Waals surface area contributed by atoms with E-state index in [0.29, 0.717) is 5.41 Å². The SMILES string of the molecule is CCC(C)CCCCCCCCCCCCCCCOCCC(C)(C)C. The lowest BCUT2D eigenvalue weighted by atomic mass is 9.93. The van der Waals surface area contributed by atoms with Gasteiger partial charge in [-0.25, -0.2) is 0 Å². The van der Waals surface area contributed by atoms with Gasteiger partial charge in [-0.1, -0.05) is 125 Å². The highest BCUT2D eigenvalue weighted by Gasteiger charge is 2.08. The van der Waals surface area contributed by atoms with Gasteiger partial charge in [-0.3, -0.25) is 0 Å². The van der Waals surface area contributed by atoms with Gasteiger partial charge >= 0.3 is 0 Å². The quantitative estimate of drug-likeness (QED) is 0.207. The molecule has 1 atom stereocenters. The molecule has 0 amide bonds. The standard InChI is InChI=1S/C25H52O/c1-6-24(2)20-18-16-14-12-10-8-7-9-11-13-15-17-19-22-26-23-21-25(3,4)5/h24H,6-23H2,1-5H3. The maximum atomic E-state index is 5.73. The van der Waals surface area contributed by atoms with Crippen molar-refractivity contribution < 1.29 is 4.74 Å². The summed E-state index contributed by atoms with van der Waals surface area (Å²) in [7, 11) is 0. The van der Waals surface area contributed by atoms with E-state index in [4.69, 9.17) is 4.74 Å². The molecule has 0 aromatic carbocycles. The Hall–Kier alpha value is -0.0400. The van der Waals surface area contributed by atoms with Crippen LogP contribution in [-0.4, -0.2) is 13.2 Å². The molecule has 0 spiro atoms. The minimum atomic E-state index is 0.410. The van der Waals surface area contributed by atoms with Crippen molar-refractivity contribution in [3.63, 3.8) is 0 Å². The number of ether oxygens (including phenoxy) is 1. The highest BCUT2D eigenvalue weighted by Crippen LogP contribution is 2.18. The second-order valence-electron chi connectivity index (χ2n) is 9.82. The summed E-state index contributed by atoms with van der Waals surface area (Å²) in [5.41, 5.74) is 0.410. The smallest absolute Gasteiger partial charge is 0.0471 e. The van der Waals surface area contributed by atoms with Crippen molar-refractivity contribution >= 4 is 0 Å². The third-order valence-corrected chi connectivity index (χ3v) is 5.68. The normalized spacial score (nSPS) is 13.3. The molecule has 0 aromatic heterocycles. The van der Waals surface area contributed by atoms with Gasteiger partial charge in [0.05, 0.1) is 0 Å². The Kier molecular flexibility index (Phi) is 18.3. The van der Waals surface area contributed by atoms with Crippen LogP contribution in [-0.2, 0) is 4.74 Å². The van der Waals surface area contributed by atoms with Crippen LogP contribution < -0.4 is 0 Å². The molecule has 0 saturated carbocycles. The molecule has 0 aliphatic carbocycles. The Balaban J connectivity index is 3.05. The van der Waals surface area contributed by atoms with Crippen LogP contribution in [0.1, 0.15) is 137 Å². The predicted molar refractivity (Wildman–Crippen MR) is 119 cm³/mol. The first-order valence-corrected chi connectivity index (χ1v) is 12.0. The topological polar surface area (TPSA) is 9.23 Å². The maximum absolute atomic E-state index is 5.73. The Morgan fingerprint density at radius 2 is 1.04 bits per heavy atom. The molecule has 26 heavy (non-hydrogen) atoms. The summed E-state index contributed by atoms with van der Waals surface area (Å²) in [5.74, 6) is 0.941. The highest BCUT2D eigenvalue weighted by molar-refractivity contribution is 4.60. The molecule has 1 heteroatoms. The molecule has 0 rings (SSSR count). The molecule has 0 N–H and O–H groups in total. The summed E-state index contributed by atoms with van der Waals surface area (Å²) in [6.07, 6.45) is 22.5. The molecule has 0 radical (unpaired) electrons. The monoisotopic (exact) mass is 368 g/mol. The van der Waals surface area contributed by atoms with E-state index in [2.05, 4.69) is 34.6 Å². The number of rotatable bonds is 19. The molecule has 158 valence electrons. The summed E-state index contributed by atoms with van der Waals surface area (Å²) in [6, 6.07) is 0. The molecule has 0 aliphatic heterocycles. The summed E-state index contributed by atoms with van der Waals surface area (Å²) < 4.78 is 5.73. The van der Waals surface area contributed by atoms with Crippen LogP contribution in [0.4, 0.5) is 0 Å². The van der Waals surface area contributed by atoms with Crippen LogP contribution in [0.15, 0.2) is 0 Å². The largest absolute Gasteiger partial charge is 0.381 e. The average Bonchev–Trinajstić information content (AvgIpc) is 2.59. The molecule has 0 aromatic rings. The van der Waals surface area contributed by atoms with Crippen molar-refractivity contribution in [3.8, 4) is 0 Å². The van der Waals surface area contributed by atoms with Gasteiger partial charge in [0.25, 0.3) is 0 Å². The third-order valence-electron chi connectivity index (χ3n) is 5.68. The van der Waals surface area contributed by atoms with Gasteiger partial charge in [-0.2, -0.15) is 0 Å². The lowest BCUT2D eigenvalue weighted by Gasteiger charge is -2.17. The molecule has 0 bridgehead atoms.